The second-order valence-corrected chi connectivity index (χ2v) is 22.3. The number of allylic oxidation sites excluding steroid dienone is 1. The molecule has 2 amide bonds. The van der Waals surface area contributed by atoms with Gasteiger partial charge in [-0.2, -0.15) is 0 Å². The Labute approximate surface area is 370 Å². The first-order valence-corrected chi connectivity index (χ1v) is 24.3. The van der Waals surface area contributed by atoms with Crippen molar-refractivity contribution < 1.29 is 50.9 Å². The van der Waals surface area contributed by atoms with Gasteiger partial charge in [-0.1, -0.05) is 45.8 Å². The normalized spacial score (nSPS) is 30.1. The fraction of sp³-hybridized carbons (Fsp3) is 0.681. The molecule has 2 bridgehead atoms. The van der Waals surface area contributed by atoms with Crippen LogP contribution in [0.4, 0.5) is 4.39 Å². The number of halogens is 1. The Balaban J connectivity index is 1.14. The number of hydrogen-bond donors (Lipinski definition) is 1. The van der Waals surface area contributed by atoms with Crippen LogP contribution in [0.3, 0.4) is 0 Å². The van der Waals surface area contributed by atoms with E-state index in [9.17, 15) is 27.6 Å². The Morgan fingerprint density at radius 1 is 1.10 bits per heavy atom. The van der Waals surface area contributed by atoms with Crippen molar-refractivity contribution in [2.75, 3.05) is 46.0 Å². The number of nitrogens with one attached hydrogen (secondary N) is 1. The first-order chi connectivity index (χ1) is 29.9. The highest BCUT2D eigenvalue weighted by molar-refractivity contribution is 7.91. The van der Waals surface area contributed by atoms with Crippen molar-refractivity contribution in [2.24, 2.45) is 28.6 Å². The molecule has 1 aromatic heterocycles. The number of benzene rings is 1. The van der Waals surface area contributed by atoms with Gasteiger partial charge in [-0.3, -0.25) is 28.8 Å². The largest absolute Gasteiger partial charge is 0.491 e. The van der Waals surface area contributed by atoms with E-state index in [0.29, 0.717) is 62.3 Å². The molecule has 2 aromatic rings. The molecule has 0 radical (unpaired) electrons. The number of ether oxygens (including phenoxy) is 4. The van der Waals surface area contributed by atoms with Gasteiger partial charge in [0.15, 0.2) is 5.78 Å². The van der Waals surface area contributed by atoms with E-state index in [1.54, 1.807) is 25.1 Å². The van der Waals surface area contributed by atoms with Gasteiger partial charge >= 0.3 is 5.97 Å². The number of carbonyl (C=O) groups is 4. The van der Waals surface area contributed by atoms with E-state index >= 15 is 4.39 Å². The molecule has 16 heteroatoms. The highest BCUT2D eigenvalue weighted by Gasteiger charge is 2.62. The van der Waals surface area contributed by atoms with Gasteiger partial charge in [0.05, 0.1) is 53.9 Å². The summed E-state index contributed by atoms with van der Waals surface area (Å²) in [5, 5.41) is 0.524. The molecular weight excluding hydrogens is 832 g/mol. The van der Waals surface area contributed by atoms with Crippen molar-refractivity contribution in [1.29, 1.82) is 0 Å². The van der Waals surface area contributed by atoms with Crippen molar-refractivity contribution in [3.63, 3.8) is 0 Å². The quantitative estimate of drug-likeness (QED) is 0.217. The third-order valence-corrected chi connectivity index (χ3v) is 16.6. The maximum Gasteiger partial charge on any atom is 0.306 e. The van der Waals surface area contributed by atoms with E-state index in [0.717, 1.165) is 45.2 Å². The maximum absolute atomic E-state index is 15.7. The lowest BCUT2D eigenvalue weighted by Crippen LogP contribution is -2.49. The number of sulfonamides is 1. The molecule has 1 N–H and O–H groups in total. The fourth-order valence-electron chi connectivity index (χ4n) is 9.72. The number of nitrogens with zero attached hydrogens (tertiary/aromatic N) is 3. The number of fused-ring (bicyclic) bond motifs is 5. The van der Waals surface area contributed by atoms with Crippen molar-refractivity contribution in [3.05, 3.63) is 42.2 Å². The number of rotatable bonds is 11. The SMILES string of the molecule is C=C[C@@H]1C[C@]1(CC(=O)[C@@H]1C[C@@H]2CN1C(=O)[C@H](C(C)(C)C)CC(=O)O[C@@H]1C[C@H]1CCCCCc1c(nc3c(F)cccc3c1OCCN1CCOCC1)O2)C(=O)NS(=O)(=O)C1(C)CC1. The smallest absolute Gasteiger partial charge is 0.306 e. The summed E-state index contributed by atoms with van der Waals surface area (Å²) in [7, 11) is -4.00. The van der Waals surface area contributed by atoms with Crippen LogP contribution in [0.5, 0.6) is 11.6 Å². The number of pyridine rings is 1. The summed E-state index contributed by atoms with van der Waals surface area (Å²) in [5.41, 5.74) is -1.31. The zero-order valence-electron chi connectivity index (χ0n) is 37.1. The number of morpholine rings is 1. The van der Waals surface area contributed by atoms with Crippen LogP contribution < -0.4 is 14.2 Å². The van der Waals surface area contributed by atoms with E-state index in [-0.39, 0.29) is 55.6 Å². The van der Waals surface area contributed by atoms with Crippen LogP contribution in [-0.2, 0) is 45.1 Å². The minimum absolute atomic E-state index is 0.0200. The van der Waals surface area contributed by atoms with E-state index in [4.69, 9.17) is 23.9 Å². The molecular formula is C47H63FN4O10S. The lowest BCUT2D eigenvalue weighted by Gasteiger charge is -2.34. The number of ketones is 1. The molecule has 6 aliphatic rings. The Morgan fingerprint density at radius 2 is 1.86 bits per heavy atom. The third kappa shape index (κ3) is 9.64. The summed E-state index contributed by atoms with van der Waals surface area (Å²) in [6, 6.07) is 3.68. The number of esters is 1. The van der Waals surface area contributed by atoms with Crippen LogP contribution in [0.1, 0.15) is 104 Å². The molecule has 0 spiro atoms. The molecule has 2 saturated heterocycles. The van der Waals surface area contributed by atoms with E-state index < -0.39 is 79.0 Å². The Bertz CT molecular complexity index is 2240. The van der Waals surface area contributed by atoms with Gasteiger partial charge in [0.2, 0.25) is 27.7 Å². The lowest BCUT2D eigenvalue weighted by molar-refractivity contribution is -0.154. The lowest BCUT2D eigenvalue weighted by atomic mass is 9.77. The minimum atomic E-state index is -4.00. The predicted octanol–water partition coefficient (Wildman–Crippen LogP) is 5.68. The summed E-state index contributed by atoms with van der Waals surface area (Å²) >= 11 is 0. The molecule has 63 heavy (non-hydrogen) atoms. The van der Waals surface area contributed by atoms with Crippen LogP contribution in [-0.4, -0.2) is 116 Å². The first kappa shape index (κ1) is 45.4. The van der Waals surface area contributed by atoms with Crippen LogP contribution in [0.15, 0.2) is 30.9 Å². The maximum atomic E-state index is 15.7. The third-order valence-electron chi connectivity index (χ3n) is 14.5. The van der Waals surface area contributed by atoms with Crippen LogP contribution in [0, 0.1) is 34.4 Å². The Morgan fingerprint density at radius 3 is 2.56 bits per heavy atom. The molecule has 0 unspecified atom stereocenters. The number of carbonyl (C=O) groups excluding carboxylic acids is 4. The Hall–Kier alpha value is -4.15. The van der Waals surface area contributed by atoms with Crippen LogP contribution in [0.25, 0.3) is 10.9 Å². The number of Topliss-reactive ketones (excluding diaryl/α,β-unsaturated/α-hetero) is 1. The fourth-order valence-corrected chi connectivity index (χ4v) is 11.1. The molecule has 3 aliphatic carbocycles. The van der Waals surface area contributed by atoms with Gasteiger partial charge in [0.1, 0.15) is 35.9 Å². The summed E-state index contributed by atoms with van der Waals surface area (Å²) in [6.07, 6.45) is 5.87. The molecule has 7 atom stereocenters. The number of amides is 2. The highest BCUT2D eigenvalue weighted by atomic mass is 32.2. The van der Waals surface area contributed by atoms with E-state index in [2.05, 4.69) is 16.2 Å². The van der Waals surface area contributed by atoms with Gasteiger partial charge in [-0.05, 0) is 81.3 Å². The van der Waals surface area contributed by atoms with Gasteiger partial charge in [-0.15, -0.1) is 6.58 Å². The van der Waals surface area contributed by atoms with Crippen molar-refractivity contribution >= 4 is 44.5 Å². The summed E-state index contributed by atoms with van der Waals surface area (Å²) in [5.74, 6) is -3.04. The average Bonchev–Trinajstić information content (AvgIpc) is 4.20. The monoisotopic (exact) mass is 894 g/mol. The van der Waals surface area contributed by atoms with E-state index in [1.807, 2.05) is 20.8 Å². The molecule has 344 valence electrons. The van der Waals surface area contributed by atoms with Crippen molar-refractivity contribution in [1.82, 2.24) is 19.5 Å². The van der Waals surface area contributed by atoms with Crippen LogP contribution >= 0.6 is 0 Å². The number of para-hydroxylation sites is 1. The van der Waals surface area contributed by atoms with Gasteiger partial charge < -0.3 is 23.8 Å². The molecule has 5 fully saturated rings. The molecule has 4 heterocycles. The number of hydrogen-bond acceptors (Lipinski definition) is 12. The molecule has 1 aromatic carbocycles. The summed E-state index contributed by atoms with van der Waals surface area (Å²) < 4.78 is 68.2. The van der Waals surface area contributed by atoms with Gasteiger partial charge in [0, 0.05) is 37.9 Å². The van der Waals surface area contributed by atoms with Crippen molar-refractivity contribution in [3.8, 4) is 11.6 Å². The molecule has 14 nitrogen and oxygen atoms in total. The summed E-state index contributed by atoms with van der Waals surface area (Å²) in [6.45, 7) is 14.8. The first-order valence-electron chi connectivity index (χ1n) is 22.9. The van der Waals surface area contributed by atoms with E-state index in [1.165, 1.54) is 11.0 Å². The second kappa shape index (κ2) is 17.7. The predicted molar refractivity (Wildman–Crippen MR) is 232 cm³/mol. The average molecular weight is 895 g/mol. The number of aromatic nitrogens is 1. The minimum Gasteiger partial charge on any atom is -0.491 e. The van der Waals surface area contributed by atoms with Crippen LogP contribution in [0.2, 0.25) is 0 Å². The Kier molecular flexibility index (Phi) is 12.7. The van der Waals surface area contributed by atoms with Gasteiger partial charge in [0.25, 0.3) is 0 Å². The van der Waals surface area contributed by atoms with Crippen molar-refractivity contribution in [2.45, 2.75) is 128 Å². The summed E-state index contributed by atoms with van der Waals surface area (Å²) in [4.78, 5) is 65.6. The highest BCUT2D eigenvalue weighted by Crippen LogP contribution is 2.57. The molecule has 3 saturated carbocycles. The standard InChI is InChI=1S/C47H63FN4O10S/c1-6-30-26-47(30,44(56)50-63(57,58)46(5)15-16-46)27-37(53)36-24-31-28-52(36)43(55)34(45(2,3)4)25-39(54)62-38-23-29(38)11-8-7-9-12-33-41(60-22-19-51-17-20-59-21-18-51)32-13-10-14-35(48)40(32)49-42(33)61-31/h6,10,13-14,29-31,34,36,38H,1,7-9,11-12,15-28H2,2-5H3,(H,50,56)/t29-,30-,31-,34-,36+,38-,47-/m1/s1. The molecule has 8 rings (SSSR count). The zero-order chi connectivity index (χ0) is 44.9. The zero-order valence-corrected chi connectivity index (χ0v) is 37.9. The topological polar surface area (TPSA) is 171 Å². The van der Waals surface area contributed by atoms with Gasteiger partial charge in [-0.25, -0.2) is 17.8 Å². The molecule has 3 aliphatic heterocycles. The second-order valence-electron chi connectivity index (χ2n) is 20.1.